The Kier molecular flexibility index (Phi) is 2.71. The number of anilines is 1. The fourth-order valence-corrected chi connectivity index (χ4v) is 1.83. The number of benzene rings is 1. The van der Waals surface area contributed by atoms with E-state index < -0.39 is 0 Å². The zero-order valence-corrected chi connectivity index (χ0v) is 8.11. The molecule has 0 N–H and O–H groups in total. The van der Waals surface area contributed by atoms with E-state index in [0.29, 0.717) is 0 Å². The lowest BCUT2D eigenvalue weighted by Gasteiger charge is -2.33. The molecule has 3 heteroatoms. The SMILES string of the molecule is ClC1C[N]CCN1c1ccccc1. The van der Waals surface area contributed by atoms with Gasteiger partial charge in [0.25, 0.3) is 0 Å². The first-order chi connectivity index (χ1) is 6.38. The van der Waals surface area contributed by atoms with Gasteiger partial charge in [-0.1, -0.05) is 29.8 Å². The Morgan fingerprint density at radius 1 is 1.31 bits per heavy atom. The third-order valence-electron chi connectivity index (χ3n) is 2.20. The number of nitrogens with zero attached hydrogens (tertiary/aromatic N) is 2. The van der Waals surface area contributed by atoms with Crippen molar-refractivity contribution in [1.29, 1.82) is 0 Å². The fraction of sp³-hybridized carbons (Fsp3) is 0.400. The van der Waals surface area contributed by atoms with Gasteiger partial charge in [-0.15, -0.1) is 0 Å². The molecule has 1 aliphatic heterocycles. The summed E-state index contributed by atoms with van der Waals surface area (Å²) in [5, 5.41) is 4.26. The Hall–Kier alpha value is -0.730. The summed E-state index contributed by atoms with van der Waals surface area (Å²) in [6.45, 7) is 2.55. The molecular formula is C10H12ClN2. The fourth-order valence-electron chi connectivity index (χ4n) is 1.53. The van der Waals surface area contributed by atoms with Crippen LogP contribution in [0, 0.1) is 0 Å². The molecule has 1 aromatic carbocycles. The van der Waals surface area contributed by atoms with Gasteiger partial charge >= 0.3 is 0 Å². The van der Waals surface area contributed by atoms with Crippen LogP contribution in [0.1, 0.15) is 0 Å². The summed E-state index contributed by atoms with van der Waals surface area (Å²) in [5.74, 6) is 0. The number of rotatable bonds is 1. The molecule has 69 valence electrons. The monoisotopic (exact) mass is 195 g/mol. The summed E-state index contributed by atoms with van der Waals surface area (Å²) in [7, 11) is 0. The van der Waals surface area contributed by atoms with Crippen molar-refractivity contribution in [2.45, 2.75) is 5.50 Å². The summed E-state index contributed by atoms with van der Waals surface area (Å²) < 4.78 is 0. The molecule has 0 aromatic heterocycles. The largest absolute Gasteiger partial charge is 0.353 e. The molecule has 0 bridgehead atoms. The highest BCUT2D eigenvalue weighted by atomic mass is 35.5. The van der Waals surface area contributed by atoms with Crippen LogP contribution in [0.4, 0.5) is 5.69 Å². The van der Waals surface area contributed by atoms with Crippen molar-refractivity contribution in [3.8, 4) is 0 Å². The molecule has 1 fully saturated rings. The average molecular weight is 196 g/mol. The molecule has 1 heterocycles. The molecule has 13 heavy (non-hydrogen) atoms. The van der Waals surface area contributed by atoms with Crippen LogP contribution in [-0.4, -0.2) is 25.1 Å². The van der Waals surface area contributed by atoms with Gasteiger partial charge in [-0.2, -0.15) is 0 Å². The van der Waals surface area contributed by atoms with Gasteiger partial charge in [0.1, 0.15) is 5.50 Å². The Labute approximate surface area is 83.5 Å². The van der Waals surface area contributed by atoms with Crippen LogP contribution in [0.2, 0.25) is 0 Å². The van der Waals surface area contributed by atoms with Crippen molar-refractivity contribution in [2.24, 2.45) is 0 Å². The highest BCUT2D eigenvalue weighted by Crippen LogP contribution is 2.19. The quantitative estimate of drug-likeness (QED) is 0.492. The molecule has 1 aromatic rings. The molecule has 0 aliphatic carbocycles. The van der Waals surface area contributed by atoms with E-state index in [2.05, 4.69) is 22.3 Å². The minimum Gasteiger partial charge on any atom is -0.353 e. The number of hydrogen-bond donors (Lipinski definition) is 0. The van der Waals surface area contributed by atoms with Gasteiger partial charge in [-0.05, 0) is 12.1 Å². The molecule has 0 saturated carbocycles. The minimum atomic E-state index is 0.0242. The predicted molar refractivity (Wildman–Crippen MR) is 55.3 cm³/mol. The maximum atomic E-state index is 6.15. The number of para-hydroxylation sites is 1. The van der Waals surface area contributed by atoms with Crippen LogP contribution < -0.4 is 10.2 Å². The van der Waals surface area contributed by atoms with E-state index in [1.165, 1.54) is 5.69 Å². The van der Waals surface area contributed by atoms with Crippen LogP contribution in [0.5, 0.6) is 0 Å². The number of alkyl halides is 1. The first-order valence-corrected chi connectivity index (χ1v) is 4.90. The number of piperazine rings is 1. The van der Waals surface area contributed by atoms with Crippen molar-refractivity contribution in [3.05, 3.63) is 30.3 Å². The first-order valence-electron chi connectivity index (χ1n) is 4.47. The maximum Gasteiger partial charge on any atom is 0.118 e. The second-order valence-corrected chi connectivity index (χ2v) is 3.60. The average Bonchev–Trinajstić information content (AvgIpc) is 2.20. The molecule has 0 spiro atoms. The van der Waals surface area contributed by atoms with E-state index in [-0.39, 0.29) is 5.50 Å². The minimum absolute atomic E-state index is 0.0242. The summed E-state index contributed by atoms with van der Waals surface area (Å²) in [4.78, 5) is 2.19. The van der Waals surface area contributed by atoms with E-state index in [4.69, 9.17) is 11.6 Å². The van der Waals surface area contributed by atoms with Crippen molar-refractivity contribution in [2.75, 3.05) is 24.5 Å². The van der Waals surface area contributed by atoms with Crippen LogP contribution in [0.15, 0.2) is 30.3 Å². The smallest absolute Gasteiger partial charge is 0.118 e. The van der Waals surface area contributed by atoms with E-state index in [1.54, 1.807) is 0 Å². The lowest BCUT2D eigenvalue weighted by Crippen LogP contribution is -2.45. The molecule has 1 aliphatic rings. The summed E-state index contributed by atoms with van der Waals surface area (Å²) in [6, 6.07) is 10.2. The second-order valence-electron chi connectivity index (χ2n) is 3.09. The Morgan fingerprint density at radius 3 is 2.77 bits per heavy atom. The van der Waals surface area contributed by atoms with Crippen molar-refractivity contribution in [1.82, 2.24) is 5.32 Å². The molecule has 1 radical (unpaired) electrons. The second kappa shape index (κ2) is 3.99. The van der Waals surface area contributed by atoms with Crippen molar-refractivity contribution >= 4 is 17.3 Å². The van der Waals surface area contributed by atoms with Gasteiger partial charge in [0.05, 0.1) is 0 Å². The molecule has 1 unspecified atom stereocenters. The molecule has 1 saturated heterocycles. The maximum absolute atomic E-state index is 6.15. The summed E-state index contributed by atoms with van der Waals surface area (Å²) >= 11 is 6.15. The Balaban J connectivity index is 2.15. The van der Waals surface area contributed by atoms with Crippen LogP contribution in [-0.2, 0) is 0 Å². The third-order valence-corrected chi connectivity index (χ3v) is 2.58. The topological polar surface area (TPSA) is 17.3 Å². The lowest BCUT2D eigenvalue weighted by molar-refractivity contribution is 0.549. The van der Waals surface area contributed by atoms with E-state index >= 15 is 0 Å². The normalized spacial score (nSPS) is 23.2. The van der Waals surface area contributed by atoms with E-state index in [1.807, 2.05) is 18.2 Å². The highest BCUT2D eigenvalue weighted by molar-refractivity contribution is 6.22. The highest BCUT2D eigenvalue weighted by Gasteiger charge is 2.19. The van der Waals surface area contributed by atoms with Gasteiger partial charge in [-0.3, -0.25) is 0 Å². The zero-order valence-electron chi connectivity index (χ0n) is 7.36. The van der Waals surface area contributed by atoms with Crippen molar-refractivity contribution < 1.29 is 0 Å². The third kappa shape index (κ3) is 1.95. The Morgan fingerprint density at radius 2 is 2.08 bits per heavy atom. The Bertz CT molecular complexity index is 263. The van der Waals surface area contributed by atoms with Gasteiger partial charge in [0.15, 0.2) is 0 Å². The van der Waals surface area contributed by atoms with Gasteiger partial charge in [0.2, 0.25) is 0 Å². The predicted octanol–water partition coefficient (Wildman–Crippen LogP) is 1.68. The molecular weight excluding hydrogens is 184 g/mol. The van der Waals surface area contributed by atoms with E-state index in [9.17, 15) is 0 Å². The zero-order chi connectivity index (χ0) is 9.10. The number of halogens is 1. The first kappa shape index (κ1) is 8.85. The standard InChI is InChI=1S/C10H12ClN2/c11-10-8-12-6-7-13(10)9-4-2-1-3-5-9/h1-5,10H,6-8H2. The van der Waals surface area contributed by atoms with E-state index in [0.717, 1.165) is 19.6 Å². The van der Waals surface area contributed by atoms with Crippen molar-refractivity contribution in [3.63, 3.8) is 0 Å². The molecule has 2 rings (SSSR count). The molecule has 0 amide bonds. The van der Waals surface area contributed by atoms with Crippen LogP contribution in [0.25, 0.3) is 0 Å². The molecule has 1 atom stereocenters. The van der Waals surface area contributed by atoms with Gasteiger partial charge in [0, 0.05) is 25.3 Å². The molecule has 2 nitrogen and oxygen atoms in total. The van der Waals surface area contributed by atoms with Gasteiger partial charge in [-0.25, -0.2) is 5.32 Å². The van der Waals surface area contributed by atoms with Gasteiger partial charge < -0.3 is 4.90 Å². The number of hydrogen-bond acceptors (Lipinski definition) is 1. The van der Waals surface area contributed by atoms with Crippen LogP contribution in [0.3, 0.4) is 0 Å². The van der Waals surface area contributed by atoms with Crippen LogP contribution >= 0.6 is 11.6 Å². The lowest BCUT2D eigenvalue weighted by atomic mass is 10.2. The summed E-state index contributed by atoms with van der Waals surface area (Å²) in [6.07, 6.45) is 0. The summed E-state index contributed by atoms with van der Waals surface area (Å²) in [5.41, 5.74) is 1.22.